The van der Waals surface area contributed by atoms with Gasteiger partial charge in [-0.05, 0) is 19.8 Å². The smallest absolute Gasteiger partial charge is 0.407 e. The number of nitrogens with two attached hydrogens (primary N) is 1. The summed E-state index contributed by atoms with van der Waals surface area (Å²) in [6, 6.07) is 0.521. The van der Waals surface area contributed by atoms with E-state index in [0.717, 1.165) is 12.8 Å². The number of likely N-dealkylation sites (tertiary alicyclic amines) is 1. The lowest BCUT2D eigenvalue weighted by atomic mass is 10.1. The molecule has 1 heterocycles. The van der Waals surface area contributed by atoms with Crippen LogP contribution in [0.4, 0.5) is 4.79 Å². The first kappa shape index (κ1) is 18.1. The number of rotatable bonds is 3. The van der Waals surface area contributed by atoms with E-state index in [1.54, 1.807) is 0 Å². The van der Waals surface area contributed by atoms with Crippen LogP contribution in [0.3, 0.4) is 0 Å². The first-order valence-electron chi connectivity index (χ1n) is 5.07. The molecule has 0 bridgehead atoms. The normalized spacial score (nSPS) is 21.6. The van der Waals surface area contributed by atoms with Gasteiger partial charge >= 0.3 is 6.09 Å². The van der Waals surface area contributed by atoms with E-state index in [2.05, 4.69) is 5.32 Å². The van der Waals surface area contributed by atoms with Crippen LogP contribution in [0.1, 0.15) is 19.8 Å². The lowest BCUT2D eigenvalue weighted by Crippen LogP contribution is -2.51. The molecule has 1 amide bonds. The van der Waals surface area contributed by atoms with Crippen LogP contribution in [0.25, 0.3) is 0 Å². The standard InChI is InChI=1S/C9H19N3O2.2ClH/c1-7(5-10)11-8-3-2-4-12(6-8)9(13)14;;/h7-8,11H,2-6,10H2,1H3,(H,13,14);2*1H. The summed E-state index contributed by atoms with van der Waals surface area (Å²) in [4.78, 5) is 12.2. The van der Waals surface area contributed by atoms with Crippen molar-refractivity contribution in [3.8, 4) is 0 Å². The van der Waals surface area contributed by atoms with Crippen LogP contribution in [-0.2, 0) is 0 Å². The lowest BCUT2D eigenvalue weighted by Gasteiger charge is -2.32. The van der Waals surface area contributed by atoms with E-state index in [0.29, 0.717) is 19.6 Å². The van der Waals surface area contributed by atoms with E-state index in [1.807, 2.05) is 6.92 Å². The number of nitrogens with zero attached hydrogens (tertiary/aromatic N) is 1. The van der Waals surface area contributed by atoms with Crippen molar-refractivity contribution in [3.05, 3.63) is 0 Å². The second-order valence-corrected chi connectivity index (χ2v) is 3.87. The van der Waals surface area contributed by atoms with Crippen molar-refractivity contribution in [1.82, 2.24) is 10.2 Å². The minimum atomic E-state index is -0.822. The van der Waals surface area contributed by atoms with Crippen molar-refractivity contribution in [2.45, 2.75) is 31.8 Å². The van der Waals surface area contributed by atoms with E-state index < -0.39 is 6.09 Å². The Morgan fingerprint density at radius 3 is 2.75 bits per heavy atom. The Kier molecular flexibility index (Phi) is 10.1. The molecule has 16 heavy (non-hydrogen) atoms. The SMILES string of the molecule is CC(CN)NC1CCCN(C(=O)O)C1.Cl.Cl. The van der Waals surface area contributed by atoms with Gasteiger partial charge in [0.1, 0.15) is 0 Å². The highest BCUT2D eigenvalue weighted by molar-refractivity contribution is 5.85. The van der Waals surface area contributed by atoms with Crippen LogP contribution in [0, 0.1) is 0 Å². The minimum absolute atomic E-state index is 0. The summed E-state index contributed by atoms with van der Waals surface area (Å²) in [6.45, 7) is 3.84. The van der Waals surface area contributed by atoms with Gasteiger partial charge in [-0.25, -0.2) is 4.79 Å². The summed E-state index contributed by atoms with van der Waals surface area (Å²) < 4.78 is 0. The molecule has 5 nitrogen and oxygen atoms in total. The molecule has 0 aliphatic carbocycles. The zero-order valence-electron chi connectivity index (χ0n) is 9.39. The molecule has 1 aliphatic heterocycles. The molecular formula is C9H21Cl2N3O2. The van der Waals surface area contributed by atoms with E-state index in [-0.39, 0.29) is 36.9 Å². The molecule has 1 saturated heterocycles. The van der Waals surface area contributed by atoms with E-state index in [9.17, 15) is 4.79 Å². The second kappa shape index (κ2) is 8.87. The number of halogens is 2. The summed E-state index contributed by atoms with van der Waals surface area (Å²) in [5.41, 5.74) is 5.49. The number of carboxylic acid groups (broad SMARTS) is 1. The Balaban J connectivity index is 0. The lowest BCUT2D eigenvalue weighted by molar-refractivity contribution is 0.124. The number of piperidine rings is 1. The average Bonchev–Trinajstić information content (AvgIpc) is 2.18. The number of nitrogens with one attached hydrogen (secondary N) is 1. The number of hydrogen-bond acceptors (Lipinski definition) is 3. The number of hydrogen-bond donors (Lipinski definition) is 3. The molecule has 2 unspecified atom stereocenters. The number of carbonyl (C=O) groups is 1. The van der Waals surface area contributed by atoms with Gasteiger partial charge in [-0.2, -0.15) is 0 Å². The van der Waals surface area contributed by atoms with Gasteiger partial charge in [0.05, 0.1) is 0 Å². The van der Waals surface area contributed by atoms with Crippen LogP contribution in [0.2, 0.25) is 0 Å². The molecular weight excluding hydrogens is 253 g/mol. The molecule has 0 aromatic carbocycles. The zero-order chi connectivity index (χ0) is 10.6. The fourth-order valence-electron chi connectivity index (χ4n) is 1.76. The van der Waals surface area contributed by atoms with Crippen LogP contribution >= 0.6 is 24.8 Å². The largest absolute Gasteiger partial charge is 0.465 e. The Labute approximate surface area is 109 Å². The highest BCUT2D eigenvalue weighted by Crippen LogP contribution is 2.10. The van der Waals surface area contributed by atoms with Gasteiger partial charge in [-0.1, -0.05) is 0 Å². The molecule has 0 radical (unpaired) electrons. The third-order valence-electron chi connectivity index (χ3n) is 2.57. The molecule has 0 saturated carbocycles. The Hall–Kier alpha value is -0.230. The molecule has 1 rings (SSSR count). The van der Waals surface area contributed by atoms with Crippen molar-refractivity contribution >= 4 is 30.9 Å². The van der Waals surface area contributed by atoms with Crippen LogP contribution < -0.4 is 11.1 Å². The highest BCUT2D eigenvalue weighted by atomic mass is 35.5. The highest BCUT2D eigenvalue weighted by Gasteiger charge is 2.23. The third kappa shape index (κ3) is 5.75. The fourth-order valence-corrected chi connectivity index (χ4v) is 1.76. The van der Waals surface area contributed by atoms with E-state index in [4.69, 9.17) is 10.8 Å². The van der Waals surface area contributed by atoms with Gasteiger partial charge in [0.15, 0.2) is 0 Å². The molecule has 0 aromatic heterocycles. The maximum Gasteiger partial charge on any atom is 0.407 e. The van der Waals surface area contributed by atoms with Gasteiger partial charge in [-0.3, -0.25) is 0 Å². The van der Waals surface area contributed by atoms with Gasteiger partial charge in [0.2, 0.25) is 0 Å². The Morgan fingerprint density at radius 1 is 1.62 bits per heavy atom. The monoisotopic (exact) mass is 273 g/mol. The summed E-state index contributed by atoms with van der Waals surface area (Å²) in [5.74, 6) is 0. The Bertz CT molecular complexity index is 207. The molecule has 4 N–H and O–H groups in total. The minimum Gasteiger partial charge on any atom is -0.465 e. The Morgan fingerprint density at radius 2 is 2.25 bits per heavy atom. The molecule has 2 atom stereocenters. The van der Waals surface area contributed by atoms with Crippen molar-refractivity contribution in [1.29, 1.82) is 0 Å². The third-order valence-corrected chi connectivity index (χ3v) is 2.57. The zero-order valence-corrected chi connectivity index (χ0v) is 11.0. The summed E-state index contributed by atoms with van der Waals surface area (Å²) >= 11 is 0. The second-order valence-electron chi connectivity index (χ2n) is 3.87. The van der Waals surface area contributed by atoms with E-state index >= 15 is 0 Å². The van der Waals surface area contributed by atoms with Crippen LogP contribution in [-0.4, -0.2) is 47.8 Å². The van der Waals surface area contributed by atoms with Crippen molar-refractivity contribution in [3.63, 3.8) is 0 Å². The maximum atomic E-state index is 10.7. The molecule has 0 spiro atoms. The van der Waals surface area contributed by atoms with Gasteiger partial charge in [0, 0.05) is 31.7 Å². The first-order chi connectivity index (χ1) is 6.63. The summed E-state index contributed by atoms with van der Waals surface area (Å²) in [5, 5.41) is 12.1. The topological polar surface area (TPSA) is 78.6 Å². The van der Waals surface area contributed by atoms with Crippen molar-refractivity contribution < 1.29 is 9.90 Å². The number of amides is 1. The molecule has 98 valence electrons. The summed E-state index contributed by atoms with van der Waals surface area (Å²) in [6.07, 6.45) is 1.15. The van der Waals surface area contributed by atoms with Crippen LogP contribution in [0.5, 0.6) is 0 Å². The predicted octanol–water partition coefficient (Wildman–Crippen LogP) is 0.909. The first-order valence-corrected chi connectivity index (χ1v) is 5.07. The predicted molar refractivity (Wildman–Crippen MR) is 68.8 cm³/mol. The van der Waals surface area contributed by atoms with E-state index in [1.165, 1.54) is 4.90 Å². The molecule has 1 aliphatic rings. The fraction of sp³-hybridized carbons (Fsp3) is 0.889. The molecule has 7 heteroatoms. The average molecular weight is 274 g/mol. The van der Waals surface area contributed by atoms with Crippen molar-refractivity contribution in [2.75, 3.05) is 19.6 Å². The van der Waals surface area contributed by atoms with Gasteiger partial charge in [-0.15, -0.1) is 24.8 Å². The van der Waals surface area contributed by atoms with Crippen LogP contribution in [0.15, 0.2) is 0 Å². The maximum absolute atomic E-state index is 10.7. The quantitative estimate of drug-likeness (QED) is 0.714. The summed E-state index contributed by atoms with van der Waals surface area (Å²) in [7, 11) is 0. The molecule has 1 fully saturated rings. The van der Waals surface area contributed by atoms with Gasteiger partial charge in [0.25, 0.3) is 0 Å². The molecule has 0 aromatic rings. The van der Waals surface area contributed by atoms with Gasteiger partial charge < -0.3 is 21.1 Å². The van der Waals surface area contributed by atoms with Crippen molar-refractivity contribution in [2.24, 2.45) is 5.73 Å².